The summed E-state index contributed by atoms with van der Waals surface area (Å²) in [6.45, 7) is -0.0288. The van der Waals surface area contributed by atoms with Crippen LogP contribution in [0.5, 0.6) is 0 Å². The highest BCUT2D eigenvalue weighted by Crippen LogP contribution is 2.33. The van der Waals surface area contributed by atoms with Crippen molar-refractivity contribution in [1.29, 1.82) is 0 Å². The van der Waals surface area contributed by atoms with Gasteiger partial charge in [-0.3, -0.25) is 14.5 Å². The van der Waals surface area contributed by atoms with Gasteiger partial charge in [0, 0.05) is 6.54 Å². The van der Waals surface area contributed by atoms with E-state index in [9.17, 15) is 22.8 Å². The SMILES string of the molecule is CN(CCC(=O)O)CC(=O)Nc1cc(C(F)(F)F)ccc1Cl. The molecule has 0 atom stereocenters. The van der Waals surface area contributed by atoms with Crippen LogP contribution in [0.1, 0.15) is 12.0 Å². The number of likely N-dealkylation sites (N-methyl/N-ethyl adjacent to an activating group) is 1. The molecule has 22 heavy (non-hydrogen) atoms. The summed E-state index contributed by atoms with van der Waals surface area (Å²) in [4.78, 5) is 23.6. The Morgan fingerprint density at radius 1 is 1.36 bits per heavy atom. The minimum absolute atomic E-state index is 0.0189. The third-order valence-corrected chi connectivity index (χ3v) is 3.02. The van der Waals surface area contributed by atoms with Crippen molar-refractivity contribution in [3.8, 4) is 0 Å². The summed E-state index contributed by atoms with van der Waals surface area (Å²) in [5.74, 6) is -1.60. The van der Waals surface area contributed by atoms with Crippen molar-refractivity contribution in [3.63, 3.8) is 0 Å². The molecule has 0 aliphatic rings. The van der Waals surface area contributed by atoms with Gasteiger partial charge in [-0.1, -0.05) is 11.6 Å². The molecule has 0 aromatic heterocycles. The topological polar surface area (TPSA) is 69.6 Å². The fraction of sp³-hybridized carbons (Fsp3) is 0.385. The van der Waals surface area contributed by atoms with Crippen molar-refractivity contribution in [2.45, 2.75) is 12.6 Å². The first-order valence-electron chi connectivity index (χ1n) is 6.16. The first-order valence-corrected chi connectivity index (χ1v) is 6.54. The van der Waals surface area contributed by atoms with Crippen molar-refractivity contribution < 1.29 is 27.9 Å². The third kappa shape index (κ3) is 5.90. The molecule has 0 radical (unpaired) electrons. The molecule has 0 saturated heterocycles. The van der Waals surface area contributed by atoms with Crippen LogP contribution in [0.15, 0.2) is 18.2 Å². The van der Waals surface area contributed by atoms with E-state index in [1.54, 1.807) is 0 Å². The second-order valence-electron chi connectivity index (χ2n) is 4.62. The van der Waals surface area contributed by atoms with Gasteiger partial charge < -0.3 is 10.4 Å². The molecule has 0 fully saturated rings. The smallest absolute Gasteiger partial charge is 0.416 e. The predicted octanol–water partition coefficient (Wildman–Crippen LogP) is 2.70. The lowest BCUT2D eigenvalue weighted by molar-refractivity contribution is -0.138. The van der Waals surface area contributed by atoms with Crippen molar-refractivity contribution in [2.24, 2.45) is 0 Å². The zero-order valence-corrected chi connectivity index (χ0v) is 12.3. The lowest BCUT2D eigenvalue weighted by Gasteiger charge is -2.16. The normalized spacial score (nSPS) is 11.5. The first kappa shape index (κ1) is 18.2. The summed E-state index contributed by atoms with van der Waals surface area (Å²) in [6.07, 6.45) is -4.68. The predicted molar refractivity (Wildman–Crippen MR) is 74.8 cm³/mol. The fourth-order valence-electron chi connectivity index (χ4n) is 1.60. The average Bonchev–Trinajstić information content (AvgIpc) is 2.37. The number of hydrogen-bond donors (Lipinski definition) is 2. The number of carboxylic acids is 1. The number of anilines is 1. The van der Waals surface area contributed by atoms with Crippen LogP contribution >= 0.6 is 11.6 Å². The lowest BCUT2D eigenvalue weighted by atomic mass is 10.2. The molecule has 0 spiro atoms. The zero-order valence-electron chi connectivity index (χ0n) is 11.6. The van der Waals surface area contributed by atoms with Gasteiger partial charge in [-0.25, -0.2) is 0 Å². The molecule has 9 heteroatoms. The quantitative estimate of drug-likeness (QED) is 0.836. The number of benzene rings is 1. The Bertz CT molecular complexity index is 564. The lowest BCUT2D eigenvalue weighted by Crippen LogP contribution is -2.31. The first-order chi connectivity index (χ1) is 10.1. The van der Waals surface area contributed by atoms with Gasteiger partial charge in [0.15, 0.2) is 0 Å². The van der Waals surface area contributed by atoms with Crippen molar-refractivity contribution >= 4 is 29.2 Å². The van der Waals surface area contributed by atoms with Gasteiger partial charge in [-0.05, 0) is 25.2 Å². The largest absolute Gasteiger partial charge is 0.481 e. The van der Waals surface area contributed by atoms with E-state index in [0.29, 0.717) is 0 Å². The highest BCUT2D eigenvalue weighted by atomic mass is 35.5. The Labute approximate surface area is 129 Å². The number of carbonyl (C=O) groups is 2. The molecule has 1 aromatic carbocycles. The Morgan fingerprint density at radius 2 is 2.00 bits per heavy atom. The molecule has 0 aliphatic heterocycles. The summed E-state index contributed by atoms with van der Waals surface area (Å²) >= 11 is 5.76. The maximum absolute atomic E-state index is 12.6. The molecule has 0 aliphatic carbocycles. The number of amides is 1. The standard InChI is InChI=1S/C13H14ClF3N2O3/c1-19(5-4-12(21)22)7-11(20)18-10-6-8(13(15,16)17)2-3-9(10)14/h2-3,6H,4-5,7H2,1H3,(H,18,20)(H,21,22). The van der Waals surface area contributed by atoms with E-state index >= 15 is 0 Å². The molecule has 0 bridgehead atoms. The van der Waals surface area contributed by atoms with Gasteiger partial charge in [0.1, 0.15) is 0 Å². The van der Waals surface area contributed by atoms with Gasteiger partial charge in [-0.15, -0.1) is 0 Å². The highest BCUT2D eigenvalue weighted by Gasteiger charge is 2.31. The molecule has 0 heterocycles. The van der Waals surface area contributed by atoms with Gasteiger partial charge in [0.2, 0.25) is 5.91 Å². The highest BCUT2D eigenvalue weighted by molar-refractivity contribution is 6.33. The Hall–Kier alpha value is -1.80. The van der Waals surface area contributed by atoms with Crippen LogP contribution in [-0.4, -0.2) is 42.0 Å². The number of carboxylic acid groups (broad SMARTS) is 1. The monoisotopic (exact) mass is 338 g/mol. The third-order valence-electron chi connectivity index (χ3n) is 2.69. The summed E-state index contributed by atoms with van der Waals surface area (Å²) in [7, 11) is 1.52. The second-order valence-corrected chi connectivity index (χ2v) is 5.03. The second kappa shape index (κ2) is 7.46. The number of alkyl halides is 3. The summed E-state index contributed by atoms with van der Waals surface area (Å²) < 4.78 is 37.8. The molecule has 2 N–H and O–H groups in total. The molecule has 0 unspecified atom stereocenters. The van der Waals surface area contributed by atoms with Gasteiger partial charge in [0.25, 0.3) is 0 Å². The molecule has 5 nitrogen and oxygen atoms in total. The van der Waals surface area contributed by atoms with E-state index in [-0.39, 0.29) is 30.2 Å². The molecule has 1 amide bonds. The van der Waals surface area contributed by atoms with Crippen LogP contribution in [-0.2, 0) is 15.8 Å². The average molecular weight is 339 g/mol. The maximum Gasteiger partial charge on any atom is 0.416 e. The summed E-state index contributed by atoms with van der Waals surface area (Å²) in [5.41, 5.74) is -1.07. The zero-order chi connectivity index (χ0) is 16.9. The molecular formula is C13H14ClF3N2O3. The van der Waals surface area contributed by atoms with Crippen LogP contribution < -0.4 is 5.32 Å². The number of hydrogen-bond acceptors (Lipinski definition) is 3. The number of halogens is 4. The summed E-state index contributed by atoms with van der Waals surface area (Å²) in [5, 5.41) is 10.8. The Kier molecular flexibility index (Phi) is 6.19. The molecule has 0 saturated carbocycles. The minimum Gasteiger partial charge on any atom is -0.481 e. The van der Waals surface area contributed by atoms with Gasteiger partial charge in [-0.2, -0.15) is 13.2 Å². The maximum atomic E-state index is 12.6. The van der Waals surface area contributed by atoms with Crippen molar-refractivity contribution in [3.05, 3.63) is 28.8 Å². The Morgan fingerprint density at radius 3 is 2.55 bits per heavy atom. The van der Waals surface area contributed by atoms with Crippen LogP contribution in [0, 0.1) is 0 Å². The summed E-state index contributed by atoms with van der Waals surface area (Å²) in [6, 6.07) is 2.61. The molecular weight excluding hydrogens is 325 g/mol. The number of aliphatic carboxylic acids is 1. The number of nitrogens with one attached hydrogen (secondary N) is 1. The van der Waals surface area contributed by atoms with E-state index in [2.05, 4.69) is 5.32 Å². The fourth-order valence-corrected chi connectivity index (χ4v) is 1.76. The molecule has 1 rings (SSSR count). The van der Waals surface area contributed by atoms with E-state index in [4.69, 9.17) is 16.7 Å². The van der Waals surface area contributed by atoms with Gasteiger partial charge in [0.05, 0.1) is 29.2 Å². The van der Waals surface area contributed by atoms with E-state index in [1.165, 1.54) is 11.9 Å². The van der Waals surface area contributed by atoms with Crippen LogP contribution in [0.4, 0.5) is 18.9 Å². The minimum atomic E-state index is -4.54. The van der Waals surface area contributed by atoms with Crippen molar-refractivity contribution in [1.82, 2.24) is 4.90 Å². The van der Waals surface area contributed by atoms with E-state index in [1.807, 2.05) is 0 Å². The van der Waals surface area contributed by atoms with Crippen LogP contribution in [0.25, 0.3) is 0 Å². The van der Waals surface area contributed by atoms with Crippen LogP contribution in [0.3, 0.4) is 0 Å². The van der Waals surface area contributed by atoms with E-state index in [0.717, 1.165) is 18.2 Å². The van der Waals surface area contributed by atoms with Crippen molar-refractivity contribution in [2.75, 3.05) is 25.5 Å². The Balaban J connectivity index is 2.70. The number of rotatable bonds is 6. The number of carbonyl (C=O) groups excluding carboxylic acids is 1. The molecule has 1 aromatic rings. The number of nitrogens with zero attached hydrogens (tertiary/aromatic N) is 1. The molecule has 122 valence electrons. The van der Waals surface area contributed by atoms with E-state index < -0.39 is 23.6 Å². The van der Waals surface area contributed by atoms with Gasteiger partial charge >= 0.3 is 12.1 Å². The van der Waals surface area contributed by atoms with Crippen LogP contribution in [0.2, 0.25) is 5.02 Å².